The minimum Gasteiger partial charge on any atom is -0.324 e. The summed E-state index contributed by atoms with van der Waals surface area (Å²) in [7, 11) is 0. The van der Waals surface area contributed by atoms with Crippen molar-refractivity contribution >= 4 is 17.4 Å². The molecule has 1 aromatic rings. The zero-order valence-corrected chi connectivity index (χ0v) is 8.88. The van der Waals surface area contributed by atoms with Crippen LogP contribution in [0.15, 0.2) is 23.1 Å². The highest BCUT2D eigenvalue weighted by Crippen LogP contribution is 2.37. The van der Waals surface area contributed by atoms with Gasteiger partial charge in [0.05, 0.1) is 5.69 Å². The molecule has 0 unspecified atom stereocenters. The lowest BCUT2D eigenvalue weighted by Crippen LogP contribution is -2.09. The van der Waals surface area contributed by atoms with Crippen molar-refractivity contribution in [2.24, 2.45) is 5.84 Å². The molecule has 1 rings (SSSR count). The Bertz CT molecular complexity index is 339. The first-order valence-electron chi connectivity index (χ1n) is 4.31. The van der Waals surface area contributed by atoms with E-state index in [1.54, 1.807) is 6.07 Å². The van der Waals surface area contributed by atoms with Crippen molar-refractivity contribution in [2.75, 3.05) is 5.43 Å². The van der Waals surface area contributed by atoms with Crippen LogP contribution in [0.25, 0.3) is 0 Å². The number of anilines is 1. The molecule has 0 spiro atoms. The molecule has 84 valence electrons. The average molecular weight is 236 g/mol. The minimum absolute atomic E-state index is 0.119. The van der Waals surface area contributed by atoms with Crippen molar-refractivity contribution < 1.29 is 13.2 Å². The molecule has 0 radical (unpaired) electrons. The van der Waals surface area contributed by atoms with Crippen molar-refractivity contribution in [1.82, 2.24) is 0 Å². The van der Waals surface area contributed by atoms with Crippen LogP contribution < -0.4 is 11.3 Å². The summed E-state index contributed by atoms with van der Waals surface area (Å²) in [5.41, 5.74) is -0.375. The Kier molecular flexibility index (Phi) is 3.87. The number of alkyl halides is 3. The highest BCUT2D eigenvalue weighted by molar-refractivity contribution is 8.00. The summed E-state index contributed by atoms with van der Waals surface area (Å²) in [4.78, 5) is 0.179. The highest BCUT2D eigenvalue weighted by atomic mass is 32.2. The predicted molar refractivity (Wildman–Crippen MR) is 55.5 cm³/mol. The van der Waals surface area contributed by atoms with Crippen molar-refractivity contribution in [1.29, 1.82) is 0 Å². The lowest BCUT2D eigenvalue weighted by atomic mass is 10.1. The Morgan fingerprint density at radius 3 is 2.53 bits per heavy atom. The molecular weight excluding hydrogens is 225 g/mol. The van der Waals surface area contributed by atoms with Gasteiger partial charge in [-0.05, 0) is 41.9 Å². The van der Waals surface area contributed by atoms with E-state index in [2.05, 4.69) is 5.43 Å². The molecule has 1 aromatic carbocycles. The van der Waals surface area contributed by atoms with Crippen LogP contribution in [0.5, 0.6) is 0 Å². The van der Waals surface area contributed by atoms with Gasteiger partial charge < -0.3 is 5.43 Å². The molecule has 3 N–H and O–H groups in total. The van der Waals surface area contributed by atoms with Gasteiger partial charge in [-0.3, -0.25) is 5.84 Å². The second kappa shape index (κ2) is 4.76. The number of nitrogen functional groups attached to an aromatic ring is 1. The third-order valence-electron chi connectivity index (χ3n) is 1.85. The van der Waals surface area contributed by atoms with Crippen LogP contribution in [0, 0.1) is 0 Å². The van der Waals surface area contributed by atoms with Crippen LogP contribution in [0.4, 0.5) is 18.9 Å². The van der Waals surface area contributed by atoms with Gasteiger partial charge in [0, 0.05) is 4.90 Å². The minimum atomic E-state index is -4.25. The first-order chi connectivity index (χ1) is 6.96. The van der Waals surface area contributed by atoms with E-state index in [1.807, 2.05) is 6.92 Å². The topological polar surface area (TPSA) is 38.0 Å². The fourth-order valence-corrected chi connectivity index (χ4v) is 1.81. The molecule has 0 atom stereocenters. The molecule has 0 fully saturated rings. The first-order valence-corrected chi connectivity index (χ1v) is 5.13. The Balaban J connectivity index is 2.93. The number of hydrogen-bond acceptors (Lipinski definition) is 3. The number of nitrogens with two attached hydrogens (primary N) is 1. The molecule has 0 bridgehead atoms. The number of halogens is 3. The second-order valence-electron chi connectivity index (χ2n) is 2.86. The smallest absolute Gasteiger partial charge is 0.324 e. The molecule has 0 aliphatic rings. The van der Waals surface area contributed by atoms with Gasteiger partial charge in [0.15, 0.2) is 0 Å². The molecule has 0 amide bonds. The zero-order valence-electron chi connectivity index (χ0n) is 8.06. The van der Waals surface area contributed by atoms with Crippen LogP contribution in [-0.4, -0.2) is 5.51 Å². The predicted octanol–water partition coefficient (Wildman–Crippen LogP) is 3.15. The maximum atomic E-state index is 12.1. The Morgan fingerprint density at radius 2 is 2.07 bits per heavy atom. The number of benzene rings is 1. The highest BCUT2D eigenvalue weighted by Gasteiger charge is 2.29. The molecule has 6 heteroatoms. The summed E-state index contributed by atoms with van der Waals surface area (Å²) in [6.45, 7) is 1.86. The van der Waals surface area contributed by atoms with E-state index in [0.717, 1.165) is 5.56 Å². The van der Waals surface area contributed by atoms with E-state index in [4.69, 9.17) is 5.84 Å². The standard InChI is InChI=1S/C9H11F3N2S/c1-2-6-5-7(15-9(10,11)12)3-4-8(6)14-13/h3-5,14H,2,13H2,1H3. The van der Waals surface area contributed by atoms with Crippen LogP contribution in [0.3, 0.4) is 0 Å². The van der Waals surface area contributed by atoms with E-state index < -0.39 is 5.51 Å². The number of rotatable bonds is 3. The molecule has 0 aliphatic carbocycles. The van der Waals surface area contributed by atoms with Crippen LogP contribution in [0.1, 0.15) is 12.5 Å². The van der Waals surface area contributed by atoms with Gasteiger partial charge in [0.2, 0.25) is 0 Å². The summed E-state index contributed by atoms with van der Waals surface area (Å²) < 4.78 is 36.2. The van der Waals surface area contributed by atoms with Crippen molar-refractivity contribution in [3.8, 4) is 0 Å². The molecule has 0 heterocycles. The molecule has 2 nitrogen and oxygen atoms in total. The maximum Gasteiger partial charge on any atom is 0.446 e. The van der Waals surface area contributed by atoms with Gasteiger partial charge in [-0.1, -0.05) is 6.92 Å². The van der Waals surface area contributed by atoms with Gasteiger partial charge in [-0.25, -0.2) is 0 Å². The SMILES string of the molecule is CCc1cc(SC(F)(F)F)ccc1NN. The number of nitrogens with one attached hydrogen (secondary N) is 1. The Morgan fingerprint density at radius 1 is 1.40 bits per heavy atom. The molecule has 0 saturated heterocycles. The van der Waals surface area contributed by atoms with Crippen molar-refractivity contribution in [3.63, 3.8) is 0 Å². The van der Waals surface area contributed by atoms with E-state index in [0.29, 0.717) is 12.1 Å². The molecular formula is C9H11F3N2S. The fourth-order valence-electron chi connectivity index (χ4n) is 1.20. The Labute approximate surface area is 90.0 Å². The summed E-state index contributed by atoms with van der Waals surface area (Å²) in [6.07, 6.45) is 0.631. The fraction of sp³-hybridized carbons (Fsp3) is 0.333. The number of aryl methyl sites for hydroxylation is 1. The summed E-state index contributed by atoms with van der Waals surface area (Å²) in [5.74, 6) is 5.22. The van der Waals surface area contributed by atoms with Gasteiger partial charge in [-0.2, -0.15) is 13.2 Å². The molecule has 0 saturated carbocycles. The zero-order chi connectivity index (χ0) is 11.5. The number of hydrogen-bond donors (Lipinski definition) is 2. The third-order valence-corrected chi connectivity index (χ3v) is 2.57. The summed E-state index contributed by atoms with van der Waals surface area (Å²) in [6, 6.07) is 4.44. The van der Waals surface area contributed by atoms with E-state index in [9.17, 15) is 13.2 Å². The van der Waals surface area contributed by atoms with E-state index in [1.165, 1.54) is 12.1 Å². The molecule has 0 aliphatic heterocycles. The normalized spacial score (nSPS) is 11.5. The summed E-state index contributed by atoms with van der Waals surface area (Å²) in [5, 5.41) is 0. The van der Waals surface area contributed by atoms with Gasteiger partial charge >= 0.3 is 5.51 Å². The maximum absolute atomic E-state index is 12.1. The monoisotopic (exact) mass is 236 g/mol. The summed E-state index contributed by atoms with van der Waals surface area (Å²) >= 11 is -0.119. The van der Waals surface area contributed by atoms with Gasteiger partial charge in [0.25, 0.3) is 0 Å². The first kappa shape index (κ1) is 12.2. The molecule has 15 heavy (non-hydrogen) atoms. The average Bonchev–Trinajstić information content (AvgIpc) is 2.15. The van der Waals surface area contributed by atoms with Gasteiger partial charge in [0.1, 0.15) is 0 Å². The lowest BCUT2D eigenvalue weighted by molar-refractivity contribution is -0.0328. The van der Waals surface area contributed by atoms with E-state index in [-0.39, 0.29) is 16.7 Å². The van der Waals surface area contributed by atoms with Gasteiger partial charge in [-0.15, -0.1) is 0 Å². The van der Waals surface area contributed by atoms with E-state index >= 15 is 0 Å². The van der Waals surface area contributed by atoms with Crippen molar-refractivity contribution in [3.05, 3.63) is 23.8 Å². The number of thioether (sulfide) groups is 1. The molecule has 0 aromatic heterocycles. The largest absolute Gasteiger partial charge is 0.446 e. The van der Waals surface area contributed by atoms with Crippen LogP contribution in [0.2, 0.25) is 0 Å². The quantitative estimate of drug-likeness (QED) is 0.481. The van der Waals surface area contributed by atoms with Crippen LogP contribution in [-0.2, 0) is 6.42 Å². The number of hydrazine groups is 1. The van der Waals surface area contributed by atoms with Crippen molar-refractivity contribution in [2.45, 2.75) is 23.7 Å². The Hall–Kier alpha value is -0.880. The third kappa shape index (κ3) is 3.64. The van der Waals surface area contributed by atoms with Crippen LogP contribution >= 0.6 is 11.8 Å². The lowest BCUT2D eigenvalue weighted by Gasteiger charge is -2.10. The second-order valence-corrected chi connectivity index (χ2v) is 4.00.